The molecular formula is C23H25BrClFN6O2. The Hall–Kier alpha value is -2.85. The van der Waals surface area contributed by atoms with Gasteiger partial charge in [-0.1, -0.05) is 11.6 Å². The van der Waals surface area contributed by atoms with Crippen LogP contribution < -0.4 is 16.4 Å². The fourth-order valence-corrected chi connectivity index (χ4v) is 4.23. The summed E-state index contributed by atoms with van der Waals surface area (Å²) in [5, 5.41) is 11.1. The van der Waals surface area contributed by atoms with Crippen LogP contribution in [-0.4, -0.2) is 39.2 Å². The molecule has 2 heterocycles. The number of carbonyl (C=O) groups excluding carboxylic acids is 1. The highest BCUT2D eigenvalue weighted by atomic mass is 79.9. The van der Waals surface area contributed by atoms with Crippen molar-refractivity contribution in [1.29, 1.82) is 0 Å². The zero-order chi connectivity index (χ0) is 24.6. The second-order valence-electron chi connectivity index (χ2n) is 9.17. The average molecular weight is 552 g/mol. The molecule has 0 atom stereocenters. The molecule has 180 valence electrons. The number of ether oxygens (including phenoxy) is 1. The SMILES string of the molecule is CC(C)(C)OC(=O)NC1CC(Nc2c(C(N)=Nc3cc(F)ccc3Cl)cnn3cc(Br)cc23)C1. The van der Waals surface area contributed by atoms with Crippen LogP contribution in [0.3, 0.4) is 0 Å². The van der Waals surface area contributed by atoms with Crippen molar-refractivity contribution in [3.63, 3.8) is 0 Å². The molecule has 3 aromatic rings. The smallest absolute Gasteiger partial charge is 0.407 e. The maximum Gasteiger partial charge on any atom is 0.407 e. The van der Waals surface area contributed by atoms with E-state index in [9.17, 15) is 9.18 Å². The highest BCUT2D eigenvalue weighted by Crippen LogP contribution is 2.32. The van der Waals surface area contributed by atoms with E-state index in [0.29, 0.717) is 18.4 Å². The van der Waals surface area contributed by atoms with Crippen molar-refractivity contribution in [1.82, 2.24) is 14.9 Å². The summed E-state index contributed by atoms with van der Waals surface area (Å²) >= 11 is 9.64. The summed E-state index contributed by atoms with van der Waals surface area (Å²) in [5.41, 5.74) is 8.08. The largest absolute Gasteiger partial charge is 0.444 e. The molecule has 8 nitrogen and oxygen atoms in total. The second-order valence-corrected chi connectivity index (χ2v) is 10.5. The van der Waals surface area contributed by atoms with Crippen LogP contribution in [0.1, 0.15) is 39.2 Å². The molecule has 0 unspecified atom stereocenters. The molecule has 1 aliphatic rings. The van der Waals surface area contributed by atoms with Gasteiger partial charge in [-0.05, 0) is 67.7 Å². The van der Waals surface area contributed by atoms with Crippen LogP contribution in [0.4, 0.5) is 20.6 Å². The summed E-state index contributed by atoms with van der Waals surface area (Å²) < 4.78 is 21.6. The van der Waals surface area contributed by atoms with Gasteiger partial charge < -0.3 is 21.1 Å². The molecular weight excluding hydrogens is 527 g/mol. The van der Waals surface area contributed by atoms with Crippen LogP contribution in [0.5, 0.6) is 0 Å². The van der Waals surface area contributed by atoms with E-state index in [1.54, 1.807) is 10.7 Å². The second kappa shape index (κ2) is 9.42. The Morgan fingerprint density at radius 3 is 2.76 bits per heavy atom. The zero-order valence-electron chi connectivity index (χ0n) is 18.9. The molecule has 0 aliphatic heterocycles. The van der Waals surface area contributed by atoms with Crippen LogP contribution in [-0.2, 0) is 4.74 Å². The van der Waals surface area contributed by atoms with Crippen molar-refractivity contribution in [2.45, 2.75) is 51.3 Å². The highest BCUT2D eigenvalue weighted by Gasteiger charge is 2.32. The number of fused-ring (bicyclic) bond motifs is 1. The predicted molar refractivity (Wildman–Crippen MR) is 134 cm³/mol. The molecule has 0 radical (unpaired) electrons. The van der Waals surface area contributed by atoms with Gasteiger partial charge in [0.2, 0.25) is 0 Å². The lowest BCUT2D eigenvalue weighted by Crippen LogP contribution is -2.51. The topological polar surface area (TPSA) is 106 Å². The van der Waals surface area contributed by atoms with Gasteiger partial charge in [-0.2, -0.15) is 5.10 Å². The van der Waals surface area contributed by atoms with Gasteiger partial charge in [-0.15, -0.1) is 0 Å². The normalized spacial score (nSPS) is 18.5. The third-order valence-electron chi connectivity index (χ3n) is 5.24. The molecule has 1 aliphatic carbocycles. The van der Waals surface area contributed by atoms with Crippen molar-refractivity contribution in [2.24, 2.45) is 10.7 Å². The van der Waals surface area contributed by atoms with Crippen LogP contribution in [0.25, 0.3) is 5.52 Å². The van der Waals surface area contributed by atoms with Gasteiger partial charge in [0.15, 0.2) is 0 Å². The number of rotatable bonds is 5. The summed E-state index contributed by atoms with van der Waals surface area (Å²) in [5.74, 6) is -0.318. The molecule has 4 rings (SSSR count). The van der Waals surface area contributed by atoms with Gasteiger partial charge in [-0.3, -0.25) is 0 Å². The van der Waals surface area contributed by atoms with E-state index in [1.165, 1.54) is 18.2 Å². The maximum atomic E-state index is 13.7. The van der Waals surface area contributed by atoms with Gasteiger partial charge in [0.1, 0.15) is 17.3 Å². The van der Waals surface area contributed by atoms with E-state index < -0.39 is 17.5 Å². The summed E-state index contributed by atoms with van der Waals surface area (Å²) in [4.78, 5) is 16.4. The Kier molecular flexibility index (Phi) is 6.73. The minimum atomic E-state index is -0.549. The molecule has 1 amide bonds. The van der Waals surface area contributed by atoms with E-state index in [0.717, 1.165) is 15.7 Å². The molecule has 0 bridgehead atoms. The maximum absolute atomic E-state index is 13.7. The van der Waals surface area contributed by atoms with Gasteiger partial charge in [0.25, 0.3) is 0 Å². The number of aliphatic imine (C=N–C) groups is 1. The number of hydrogen-bond donors (Lipinski definition) is 3. The van der Waals surface area contributed by atoms with Crippen molar-refractivity contribution in [3.8, 4) is 0 Å². The van der Waals surface area contributed by atoms with E-state index in [4.69, 9.17) is 22.1 Å². The summed E-state index contributed by atoms with van der Waals surface area (Å²) in [6, 6.07) is 5.92. The fraction of sp³-hybridized carbons (Fsp3) is 0.348. The lowest BCUT2D eigenvalue weighted by atomic mass is 9.86. The van der Waals surface area contributed by atoms with Crippen molar-refractivity contribution < 1.29 is 13.9 Å². The summed E-state index contributed by atoms with van der Waals surface area (Å²) in [7, 11) is 0. The number of carbonyl (C=O) groups is 1. The molecule has 0 spiro atoms. The zero-order valence-corrected chi connectivity index (χ0v) is 21.2. The molecule has 0 saturated heterocycles. The Labute approximate surface area is 209 Å². The summed E-state index contributed by atoms with van der Waals surface area (Å²) in [6.07, 6.45) is 4.42. The van der Waals surface area contributed by atoms with E-state index in [1.807, 2.05) is 33.0 Å². The third-order valence-corrected chi connectivity index (χ3v) is 5.99. The minimum Gasteiger partial charge on any atom is -0.444 e. The molecule has 11 heteroatoms. The van der Waals surface area contributed by atoms with Gasteiger partial charge in [0, 0.05) is 28.8 Å². The Morgan fingerprint density at radius 1 is 1.32 bits per heavy atom. The molecule has 2 aromatic heterocycles. The van der Waals surface area contributed by atoms with Gasteiger partial charge >= 0.3 is 6.09 Å². The molecule has 1 aromatic carbocycles. The van der Waals surface area contributed by atoms with E-state index in [-0.39, 0.29) is 28.6 Å². The Bertz CT molecular complexity index is 1270. The number of benzene rings is 1. The molecule has 1 saturated carbocycles. The average Bonchev–Trinajstić information content (AvgIpc) is 3.08. The first-order valence-electron chi connectivity index (χ1n) is 10.7. The number of nitrogens with zero attached hydrogens (tertiary/aromatic N) is 3. The number of amidine groups is 1. The monoisotopic (exact) mass is 550 g/mol. The number of aromatic nitrogens is 2. The first-order chi connectivity index (χ1) is 16.0. The number of alkyl carbamates (subject to hydrolysis) is 1. The number of nitrogens with one attached hydrogen (secondary N) is 2. The Morgan fingerprint density at radius 2 is 2.06 bits per heavy atom. The van der Waals surface area contributed by atoms with Crippen LogP contribution >= 0.6 is 27.5 Å². The standard InChI is InChI=1S/C23H25BrClFN6O2/c1-23(2,3)34-22(33)30-15-8-14(9-15)29-20-16(10-28-32-11-12(24)6-19(20)32)21(27)31-18-7-13(26)4-5-17(18)25/h4-7,10-11,14-15,29H,8-9H2,1-3H3,(H2,27,31)(H,30,33). The number of halogens is 3. The van der Waals surface area contributed by atoms with Crippen molar-refractivity contribution >= 4 is 56.4 Å². The van der Waals surface area contributed by atoms with Gasteiger partial charge in [-0.25, -0.2) is 18.7 Å². The quantitative estimate of drug-likeness (QED) is 0.291. The molecule has 4 N–H and O–H groups in total. The van der Waals surface area contributed by atoms with Crippen LogP contribution in [0.15, 0.2) is 46.1 Å². The van der Waals surface area contributed by atoms with E-state index in [2.05, 4.69) is 36.7 Å². The van der Waals surface area contributed by atoms with E-state index >= 15 is 0 Å². The Balaban J connectivity index is 1.56. The minimum absolute atomic E-state index is 0.00398. The van der Waals surface area contributed by atoms with Crippen LogP contribution in [0.2, 0.25) is 5.02 Å². The highest BCUT2D eigenvalue weighted by molar-refractivity contribution is 9.10. The number of nitrogens with two attached hydrogens (primary N) is 1. The third kappa shape index (κ3) is 5.61. The first kappa shape index (κ1) is 24.3. The number of amides is 1. The van der Waals surface area contributed by atoms with Crippen molar-refractivity contribution in [2.75, 3.05) is 5.32 Å². The molecule has 1 fully saturated rings. The van der Waals surface area contributed by atoms with Gasteiger partial charge in [0.05, 0.1) is 33.7 Å². The predicted octanol–water partition coefficient (Wildman–Crippen LogP) is 5.39. The first-order valence-corrected chi connectivity index (χ1v) is 11.9. The number of anilines is 1. The fourth-order valence-electron chi connectivity index (χ4n) is 3.66. The van der Waals surface area contributed by atoms with Crippen LogP contribution in [0, 0.1) is 5.82 Å². The van der Waals surface area contributed by atoms with Crippen molar-refractivity contribution in [3.05, 3.63) is 57.5 Å². The summed E-state index contributed by atoms with van der Waals surface area (Å²) in [6.45, 7) is 5.48. The lowest BCUT2D eigenvalue weighted by molar-refractivity contribution is 0.0475. The lowest BCUT2D eigenvalue weighted by Gasteiger charge is -2.37. The molecule has 34 heavy (non-hydrogen) atoms. The number of hydrogen-bond acceptors (Lipinski definition) is 5.